The van der Waals surface area contributed by atoms with Gasteiger partial charge in [-0.2, -0.15) is 0 Å². The van der Waals surface area contributed by atoms with E-state index in [4.69, 9.17) is 19.3 Å². The number of methoxy groups -OCH3 is 1. The highest BCUT2D eigenvalue weighted by atomic mass is 16.6. The van der Waals surface area contributed by atoms with Gasteiger partial charge in [-0.25, -0.2) is 0 Å². The maximum absolute atomic E-state index is 10.5. The first kappa shape index (κ1) is 24.3. The second-order valence-corrected chi connectivity index (χ2v) is 4.35. The molecule has 0 saturated carbocycles. The van der Waals surface area contributed by atoms with Crippen molar-refractivity contribution in [3.05, 3.63) is 0 Å². The minimum Gasteiger partial charge on any atom is -0.463 e. The average molecular weight is 298 g/mol. The highest BCUT2D eigenvalue weighted by Gasteiger charge is 2.09. The molecule has 7 nitrogen and oxygen atoms in total. The summed E-state index contributed by atoms with van der Waals surface area (Å²) in [6.07, 6.45) is -0.711. The molecule has 20 heavy (non-hydrogen) atoms. The van der Waals surface area contributed by atoms with E-state index in [1.165, 1.54) is 6.92 Å². The van der Waals surface area contributed by atoms with Crippen molar-refractivity contribution in [3.63, 3.8) is 0 Å². The first-order valence-electron chi connectivity index (χ1n) is 6.28. The Morgan fingerprint density at radius 1 is 1.00 bits per heavy atom. The molecule has 0 bridgehead atoms. The van der Waals surface area contributed by atoms with E-state index in [2.05, 4.69) is 4.74 Å². The van der Waals surface area contributed by atoms with Crippen LogP contribution in [0.2, 0.25) is 0 Å². The number of rotatable bonds is 8. The molecule has 0 aliphatic heterocycles. The molecule has 0 heterocycles. The maximum atomic E-state index is 10.5. The van der Waals surface area contributed by atoms with Gasteiger partial charge in [-0.05, 0) is 20.8 Å². The summed E-state index contributed by atoms with van der Waals surface area (Å²) in [4.78, 5) is 10.5. The summed E-state index contributed by atoms with van der Waals surface area (Å²) >= 11 is 0. The Bertz CT molecular complexity index is 209. The lowest BCUT2D eigenvalue weighted by atomic mass is 10.4. The molecule has 3 N–H and O–H groups in total. The smallest absolute Gasteiger partial charge is 0.302 e. The summed E-state index contributed by atoms with van der Waals surface area (Å²) in [6.45, 7) is 7.67. The lowest BCUT2D eigenvalue weighted by molar-refractivity contribution is -0.145. The Kier molecular flexibility index (Phi) is 19.8. The van der Waals surface area contributed by atoms with Gasteiger partial charge in [0.15, 0.2) is 0 Å². The van der Waals surface area contributed by atoms with Gasteiger partial charge < -0.3 is 29.5 Å². The fourth-order valence-electron chi connectivity index (χ4n) is 0.934. The first-order chi connectivity index (χ1) is 8.83. The molecule has 124 valence electrons. The highest BCUT2D eigenvalue weighted by molar-refractivity contribution is 5.65. The summed E-state index contributed by atoms with van der Waals surface area (Å²) in [6, 6.07) is 0. The van der Waals surface area contributed by atoms with Crippen molar-refractivity contribution >= 4 is 5.97 Å². The van der Waals surface area contributed by atoms with Crippen LogP contribution in [0.25, 0.3) is 0 Å². The molecule has 0 spiro atoms. The van der Waals surface area contributed by atoms with E-state index in [0.29, 0.717) is 13.2 Å². The molecule has 0 rings (SSSR count). The SMILES string of the molecule is CC(=O)OCC(C)OCC(C)OCC(C)O.COC.O. The van der Waals surface area contributed by atoms with Gasteiger partial charge in [0.25, 0.3) is 0 Å². The van der Waals surface area contributed by atoms with E-state index in [1.807, 2.05) is 13.8 Å². The number of aliphatic hydroxyl groups excluding tert-OH is 1. The molecule has 3 unspecified atom stereocenters. The molecule has 0 aliphatic carbocycles. The summed E-state index contributed by atoms with van der Waals surface area (Å²) in [7, 11) is 3.25. The highest BCUT2D eigenvalue weighted by Crippen LogP contribution is 1.98. The quantitative estimate of drug-likeness (QED) is 0.641. The summed E-state index contributed by atoms with van der Waals surface area (Å²) in [5, 5.41) is 9.00. The second kappa shape index (κ2) is 16.3. The van der Waals surface area contributed by atoms with Crippen molar-refractivity contribution in [1.29, 1.82) is 0 Å². The van der Waals surface area contributed by atoms with E-state index in [-0.39, 0.29) is 30.3 Å². The number of aliphatic hydroxyl groups is 1. The molecule has 3 atom stereocenters. The van der Waals surface area contributed by atoms with Gasteiger partial charge in [-0.1, -0.05) is 0 Å². The van der Waals surface area contributed by atoms with E-state index < -0.39 is 6.10 Å². The van der Waals surface area contributed by atoms with Crippen LogP contribution in [0.5, 0.6) is 0 Å². The number of carbonyl (C=O) groups excluding carboxylic acids is 1. The average Bonchev–Trinajstić information content (AvgIpc) is 2.32. The molecule has 0 fully saturated rings. The van der Waals surface area contributed by atoms with Crippen molar-refractivity contribution in [3.8, 4) is 0 Å². The Labute approximate surface area is 121 Å². The summed E-state index contributed by atoms with van der Waals surface area (Å²) in [5.74, 6) is -0.311. The van der Waals surface area contributed by atoms with E-state index in [9.17, 15) is 4.79 Å². The van der Waals surface area contributed by atoms with Gasteiger partial charge in [0, 0.05) is 21.1 Å². The maximum Gasteiger partial charge on any atom is 0.302 e. The van der Waals surface area contributed by atoms with Gasteiger partial charge in [0.1, 0.15) is 6.61 Å². The largest absolute Gasteiger partial charge is 0.463 e. The Hall–Kier alpha value is -0.730. The predicted molar refractivity (Wildman–Crippen MR) is 75.7 cm³/mol. The van der Waals surface area contributed by atoms with Crippen molar-refractivity contribution in [2.45, 2.75) is 46.0 Å². The van der Waals surface area contributed by atoms with Crippen LogP contribution in [-0.4, -0.2) is 68.9 Å². The number of esters is 1. The van der Waals surface area contributed by atoms with Crippen molar-refractivity contribution in [2.75, 3.05) is 34.0 Å². The fourth-order valence-corrected chi connectivity index (χ4v) is 0.934. The van der Waals surface area contributed by atoms with Crippen LogP contribution >= 0.6 is 0 Å². The molecule has 0 aromatic carbocycles. The lowest BCUT2D eigenvalue weighted by Crippen LogP contribution is -2.26. The molecular weight excluding hydrogens is 268 g/mol. The second-order valence-electron chi connectivity index (χ2n) is 4.35. The normalized spacial score (nSPS) is 14.2. The summed E-state index contributed by atoms with van der Waals surface area (Å²) < 4.78 is 19.7. The third kappa shape index (κ3) is 22.5. The van der Waals surface area contributed by atoms with Crippen LogP contribution in [0.4, 0.5) is 0 Å². The molecule has 7 heteroatoms. The van der Waals surface area contributed by atoms with Crippen molar-refractivity contribution in [2.24, 2.45) is 0 Å². The van der Waals surface area contributed by atoms with Gasteiger partial charge >= 0.3 is 5.97 Å². The molecule has 0 radical (unpaired) electrons. The zero-order valence-corrected chi connectivity index (χ0v) is 13.3. The van der Waals surface area contributed by atoms with Crippen LogP contribution < -0.4 is 0 Å². The van der Waals surface area contributed by atoms with Crippen LogP contribution in [-0.2, 0) is 23.7 Å². The lowest BCUT2D eigenvalue weighted by Gasteiger charge is -2.18. The third-order valence-electron chi connectivity index (χ3n) is 1.76. The van der Waals surface area contributed by atoms with Crippen molar-refractivity contribution in [1.82, 2.24) is 0 Å². The Balaban J connectivity index is -0.000000657. The number of hydrogen-bond acceptors (Lipinski definition) is 6. The zero-order chi connectivity index (χ0) is 15.3. The van der Waals surface area contributed by atoms with Crippen LogP contribution in [0.1, 0.15) is 27.7 Å². The molecule has 0 amide bonds. The van der Waals surface area contributed by atoms with Gasteiger partial charge in [-0.15, -0.1) is 0 Å². The van der Waals surface area contributed by atoms with Crippen LogP contribution in [0.15, 0.2) is 0 Å². The molecule has 0 aromatic rings. The van der Waals surface area contributed by atoms with Gasteiger partial charge in [-0.3, -0.25) is 4.79 Å². The van der Waals surface area contributed by atoms with Gasteiger partial charge in [0.05, 0.1) is 31.5 Å². The van der Waals surface area contributed by atoms with E-state index in [1.54, 1.807) is 21.1 Å². The third-order valence-corrected chi connectivity index (χ3v) is 1.76. The monoisotopic (exact) mass is 298 g/mol. The van der Waals surface area contributed by atoms with Crippen LogP contribution in [0, 0.1) is 0 Å². The Morgan fingerprint density at radius 2 is 1.40 bits per heavy atom. The molecule has 0 aliphatic rings. The molecule has 0 aromatic heterocycles. The topological polar surface area (TPSA) is 106 Å². The first-order valence-corrected chi connectivity index (χ1v) is 6.28. The van der Waals surface area contributed by atoms with E-state index in [0.717, 1.165) is 0 Å². The minimum absolute atomic E-state index is 0. The standard InChI is InChI=1S/C11H22O5.C2H6O.H2O/c1-8(12)5-14-9(2)6-15-10(3)7-16-11(4)13;1-3-2;/h8-10,12H,5-7H2,1-4H3;1-2H3;1H2. The van der Waals surface area contributed by atoms with E-state index >= 15 is 0 Å². The summed E-state index contributed by atoms with van der Waals surface area (Å²) in [5.41, 5.74) is 0. The number of carbonyl (C=O) groups is 1. The number of hydrogen-bond donors (Lipinski definition) is 1. The van der Waals surface area contributed by atoms with Gasteiger partial charge in [0.2, 0.25) is 0 Å². The Morgan fingerprint density at radius 3 is 1.80 bits per heavy atom. The van der Waals surface area contributed by atoms with Crippen molar-refractivity contribution < 1.29 is 34.3 Å². The zero-order valence-electron chi connectivity index (χ0n) is 13.3. The predicted octanol–water partition coefficient (Wildman–Crippen LogP) is 0.178. The minimum atomic E-state index is -0.471. The number of ether oxygens (including phenoxy) is 4. The molecule has 0 saturated heterocycles. The molecular formula is C13H30O7. The van der Waals surface area contributed by atoms with Crippen LogP contribution in [0.3, 0.4) is 0 Å². The fraction of sp³-hybridized carbons (Fsp3) is 0.923.